The quantitative estimate of drug-likeness (QED) is 0.353. The number of nitrogens with two attached hydrogens (primary N) is 2. The van der Waals surface area contributed by atoms with Gasteiger partial charge in [-0.05, 0) is 24.3 Å². The first kappa shape index (κ1) is 16.8. The number of para-hydroxylation sites is 1. The third kappa shape index (κ3) is 5.31. The van der Waals surface area contributed by atoms with Gasteiger partial charge in [0.15, 0.2) is 12.6 Å². The predicted octanol–water partition coefficient (Wildman–Crippen LogP) is 2.11. The maximum Gasteiger partial charge on any atom is 0.472 e. The number of rotatable bonds is 6. The van der Waals surface area contributed by atoms with Gasteiger partial charge in [-0.1, -0.05) is 12.1 Å². The number of hydrogen-bond acceptors (Lipinski definition) is 8. The highest BCUT2D eigenvalue weighted by Crippen LogP contribution is 2.36. The molecule has 122 valence electrons. The number of nitrogen functional groups attached to an aromatic ring is 2. The Morgan fingerprint density at radius 2 is 1.78 bits per heavy atom. The molecule has 0 radical (unpaired) electrons. The lowest BCUT2D eigenvalue weighted by molar-refractivity contribution is 0.0833. The first-order valence-corrected chi connectivity index (χ1v) is 7.74. The fourth-order valence-corrected chi connectivity index (χ4v) is 1.69. The molecule has 0 saturated carbocycles. The van der Waals surface area contributed by atoms with Crippen LogP contribution in [-0.4, -0.2) is 21.6 Å². The number of phosphoric ester groups is 1. The molecule has 1 aromatic heterocycles. The number of phosphoric acid groups is 1. The van der Waals surface area contributed by atoms with Gasteiger partial charge in [-0.2, -0.15) is 0 Å². The molecular weight excluding hydrogens is 325 g/mol. The lowest BCUT2D eigenvalue weighted by Crippen LogP contribution is -2.00. The van der Waals surface area contributed by atoms with Crippen LogP contribution in [0.1, 0.15) is 0 Å². The van der Waals surface area contributed by atoms with Crippen molar-refractivity contribution in [2.24, 2.45) is 10.2 Å². The third-order valence-electron chi connectivity index (χ3n) is 2.49. The highest BCUT2D eigenvalue weighted by molar-refractivity contribution is 7.46. The Balaban J connectivity index is 2.13. The van der Waals surface area contributed by atoms with Gasteiger partial charge >= 0.3 is 7.82 Å². The van der Waals surface area contributed by atoms with Gasteiger partial charge in [-0.15, -0.1) is 10.2 Å². The first-order valence-electron chi connectivity index (χ1n) is 6.21. The molecule has 0 aliphatic carbocycles. The average Bonchev–Trinajstić information content (AvgIpc) is 2.46. The molecule has 2 rings (SSSR count). The Kier molecular flexibility index (Phi) is 5.24. The van der Waals surface area contributed by atoms with Gasteiger partial charge < -0.3 is 26.0 Å². The van der Waals surface area contributed by atoms with E-state index in [1.54, 1.807) is 30.3 Å². The smallest absolute Gasteiger partial charge is 0.465 e. The summed E-state index contributed by atoms with van der Waals surface area (Å²) in [6, 6.07) is 9.57. The zero-order valence-electron chi connectivity index (χ0n) is 11.7. The number of azo groups is 1. The Hall–Kier alpha value is -2.52. The molecule has 23 heavy (non-hydrogen) atoms. The molecule has 10 nitrogen and oxygen atoms in total. The fraction of sp³-hybridized carbons (Fsp3) is 0.0833. The molecule has 0 atom stereocenters. The van der Waals surface area contributed by atoms with Crippen LogP contribution >= 0.6 is 7.82 Å². The van der Waals surface area contributed by atoms with Crippen molar-refractivity contribution in [1.82, 2.24) is 4.98 Å². The lowest BCUT2D eigenvalue weighted by Gasteiger charge is -2.09. The van der Waals surface area contributed by atoms with Crippen molar-refractivity contribution in [1.29, 1.82) is 0 Å². The Labute approximate surface area is 131 Å². The first-order chi connectivity index (χ1) is 10.8. The second-order valence-corrected chi connectivity index (χ2v) is 5.43. The maximum absolute atomic E-state index is 10.6. The molecule has 0 spiro atoms. The standard InChI is InChI=1S/C12H14N5O5P/c13-11-6-5-9(12(14)15-11)17-16-8-3-1-2-4-10(8)21-7-22-23(18,19)20/h1-6H,7H2,(H4,13,14,15)(H2,18,19,20). The number of pyridine rings is 1. The van der Waals surface area contributed by atoms with Gasteiger partial charge in [-0.25, -0.2) is 14.1 Å². The van der Waals surface area contributed by atoms with E-state index in [9.17, 15) is 4.57 Å². The molecule has 0 fully saturated rings. The summed E-state index contributed by atoms with van der Waals surface area (Å²) >= 11 is 0. The van der Waals surface area contributed by atoms with Crippen LogP contribution < -0.4 is 16.2 Å². The number of anilines is 2. The molecule has 1 heterocycles. The van der Waals surface area contributed by atoms with Crippen molar-refractivity contribution in [3.8, 4) is 5.75 Å². The molecule has 0 bridgehead atoms. The van der Waals surface area contributed by atoms with Crippen LogP contribution in [0.15, 0.2) is 46.6 Å². The Bertz CT molecular complexity index is 763. The molecule has 0 aliphatic rings. The van der Waals surface area contributed by atoms with E-state index in [0.717, 1.165) is 0 Å². The van der Waals surface area contributed by atoms with Crippen molar-refractivity contribution < 1.29 is 23.6 Å². The number of benzene rings is 1. The normalized spacial score (nSPS) is 11.7. The summed E-state index contributed by atoms with van der Waals surface area (Å²) < 4.78 is 19.9. The van der Waals surface area contributed by atoms with E-state index >= 15 is 0 Å². The number of hydrogen-bond donors (Lipinski definition) is 4. The molecule has 0 saturated heterocycles. The van der Waals surface area contributed by atoms with Crippen LogP contribution in [0.25, 0.3) is 0 Å². The van der Waals surface area contributed by atoms with Gasteiger partial charge in [0, 0.05) is 0 Å². The van der Waals surface area contributed by atoms with Crippen molar-refractivity contribution in [3.63, 3.8) is 0 Å². The lowest BCUT2D eigenvalue weighted by atomic mass is 10.3. The number of nitrogens with zero attached hydrogens (tertiary/aromatic N) is 3. The fourth-order valence-electron chi connectivity index (χ4n) is 1.50. The van der Waals surface area contributed by atoms with E-state index in [1.807, 2.05) is 0 Å². The zero-order valence-corrected chi connectivity index (χ0v) is 12.6. The van der Waals surface area contributed by atoms with E-state index in [-0.39, 0.29) is 17.4 Å². The van der Waals surface area contributed by atoms with Crippen molar-refractivity contribution in [2.75, 3.05) is 18.3 Å². The van der Waals surface area contributed by atoms with Crippen LogP contribution in [0.5, 0.6) is 5.75 Å². The van der Waals surface area contributed by atoms with E-state index < -0.39 is 14.6 Å². The summed E-state index contributed by atoms with van der Waals surface area (Å²) in [5.74, 6) is 0.614. The molecule has 6 N–H and O–H groups in total. The molecule has 11 heteroatoms. The number of ether oxygens (including phenoxy) is 1. The average molecular weight is 339 g/mol. The monoisotopic (exact) mass is 339 g/mol. The van der Waals surface area contributed by atoms with Crippen molar-refractivity contribution in [2.45, 2.75) is 0 Å². The van der Waals surface area contributed by atoms with Gasteiger partial charge in [0.25, 0.3) is 0 Å². The zero-order chi connectivity index (χ0) is 16.9. The summed E-state index contributed by atoms with van der Waals surface area (Å²) in [7, 11) is -4.61. The predicted molar refractivity (Wildman–Crippen MR) is 82.3 cm³/mol. The van der Waals surface area contributed by atoms with Crippen LogP contribution in [0.4, 0.5) is 23.0 Å². The van der Waals surface area contributed by atoms with Crippen LogP contribution in [0, 0.1) is 0 Å². The number of aromatic nitrogens is 1. The van der Waals surface area contributed by atoms with Crippen molar-refractivity contribution >= 4 is 30.8 Å². The second kappa shape index (κ2) is 7.16. The van der Waals surface area contributed by atoms with E-state index in [2.05, 4.69) is 19.7 Å². The Morgan fingerprint density at radius 3 is 2.48 bits per heavy atom. The second-order valence-electron chi connectivity index (χ2n) is 4.19. The summed E-state index contributed by atoms with van der Waals surface area (Å²) in [6.45, 7) is -0.637. The Morgan fingerprint density at radius 1 is 1.09 bits per heavy atom. The summed E-state index contributed by atoms with van der Waals surface area (Å²) in [6.07, 6.45) is 0. The van der Waals surface area contributed by atoms with E-state index in [4.69, 9.17) is 26.0 Å². The molecule has 0 unspecified atom stereocenters. The summed E-state index contributed by atoms with van der Waals surface area (Å²) in [5.41, 5.74) is 11.8. The topological polar surface area (TPSA) is 166 Å². The van der Waals surface area contributed by atoms with E-state index in [0.29, 0.717) is 11.4 Å². The largest absolute Gasteiger partial charge is 0.472 e. The SMILES string of the molecule is Nc1ccc(N=Nc2ccccc2OCOP(=O)(O)O)c(N)n1. The summed E-state index contributed by atoms with van der Waals surface area (Å²) in [5, 5.41) is 7.91. The molecule has 0 aliphatic heterocycles. The van der Waals surface area contributed by atoms with Gasteiger partial charge in [-0.3, -0.25) is 0 Å². The maximum atomic E-state index is 10.6. The molecular formula is C12H14N5O5P. The highest BCUT2D eigenvalue weighted by atomic mass is 31.2. The minimum absolute atomic E-state index is 0.122. The highest BCUT2D eigenvalue weighted by Gasteiger charge is 2.14. The molecule has 2 aromatic rings. The van der Waals surface area contributed by atoms with E-state index in [1.165, 1.54) is 6.07 Å². The van der Waals surface area contributed by atoms with Gasteiger partial charge in [0.1, 0.15) is 22.9 Å². The summed E-state index contributed by atoms with van der Waals surface area (Å²) in [4.78, 5) is 21.1. The van der Waals surface area contributed by atoms with Gasteiger partial charge in [0.2, 0.25) is 0 Å². The van der Waals surface area contributed by atoms with Crippen LogP contribution in [0.3, 0.4) is 0 Å². The molecule has 1 aromatic carbocycles. The minimum Gasteiger partial charge on any atom is -0.465 e. The van der Waals surface area contributed by atoms with Crippen molar-refractivity contribution in [3.05, 3.63) is 36.4 Å². The van der Waals surface area contributed by atoms with Crippen LogP contribution in [-0.2, 0) is 9.09 Å². The van der Waals surface area contributed by atoms with Gasteiger partial charge in [0.05, 0.1) is 0 Å². The van der Waals surface area contributed by atoms with Crippen LogP contribution in [0.2, 0.25) is 0 Å². The third-order valence-corrected chi connectivity index (χ3v) is 2.93. The molecule has 0 amide bonds. The minimum atomic E-state index is -4.61.